The Hall–Kier alpha value is -0.890. The summed E-state index contributed by atoms with van der Waals surface area (Å²) < 4.78 is 4.39. The van der Waals surface area contributed by atoms with Gasteiger partial charge in [0.2, 0.25) is 0 Å². The molecular weight excluding hydrogens is 138 g/mol. The maximum absolute atomic E-state index is 5.38. The molecule has 1 rings (SSSR count). The Kier molecular flexibility index (Phi) is 1.80. The first-order valence-electron chi connectivity index (χ1n) is 2.47. The maximum Gasteiger partial charge on any atom is 0.146 e. The average Bonchev–Trinajstić information content (AvgIpc) is 1.90. The number of hydrogen-bond donors (Lipinski definition) is 1. The lowest BCUT2D eigenvalue weighted by Crippen LogP contribution is -1.82. The third-order valence-electron chi connectivity index (χ3n) is 0.969. The normalized spacial score (nSPS) is 9.00. The van der Waals surface area contributed by atoms with Crippen molar-refractivity contribution in [2.45, 2.75) is 0 Å². The lowest BCUT2D eigenvalue weighted by atomic mass is 10.3. The van der Waals surface area contributed by atoms with E-state index in [0.717, 1.165) is 0 Å². The van der Waals surface area contributed by atoms with E-state index < -0.39 is 0 Å². The Morgan fingerprint density at radius 1 is 1.22 bits per heavy atom. The summed E-state index contributed by atoms with van der Waals surface area (Å²) in [5.74, 6) is 0.603. The molecule has 2 nitrogen and oxygen atoms in total. The van der Waals surface area contributed by atoms with Crippen molar-refractivity contribution in [3.8, 4) is 5.75 Å². The summed E-state index contributed by atoms with van der Waals surface area (Å²) in [6.45, 7) is 0. The summed E-state index contributed by atoms with van der Waals surface area (Å²) in [6.07, 6.45) is 0. The Morgan fingerprint density at radius 3 is 2.22 bits per heavy atom. The number of hydrogen-bond acceptors (Lipinski definition) is 2. The quantitative estimate of drug-likeness (QED) is 0.609. The van der Waals surface area contributed by atoms with Gasteiger partial charge in [0.05, 0.1) is 0 Å². The molecule has 0 unspecified atom stereocenters. The topological polar surface area (TPSA) is 35.2 Å². The average molecular weight is 144 g/mol. The molecule has 1 aromatic rings. The Balaban J connectivity index is 2.88. The van der Waals surface area contributed by atoms with Gasteiger partial charge in [-0.05, 0) is 24.3 Å². The minimum atomic E-state index is 0.603. The maximum atomic E-state index is 5.38. The summed E-state index contributed by atoms with van der Waals surface area (Å²) in [5.41, 5.74) is 6.08. The fourth-order valence-electron chi connectivity index (χ4n) is 0.519. The van der Waals surface area contributed by atoms with E-state index >= 15 is 0 Å². The predicted octanol–water partition coefficient (Wildman–Crippen LogP) is 1.80. The molecule has 0 saturated carbocycles. The van der Waals surface area contributed by atoms with E-state index in [4.69, 9.17) is 17.6 Å². The van der Waals surface area contributed by atoms with E-state index in [-0.39, 0.29) is 0 Å². The van der Waals surface area contributed by atoms with Crippen LogP contribution in [0.5, 0.6) is 5.75 Å². The molecule has 9 heavy (non-hydrogen) atoms. The van der Waals surface area contributed by atoms with Gasteiger partial charge in [0.25, 0.3) is 0 Å². The van der Waals surface area contributed by atoms with Crippen molar-refractivity contribution < 1.29 is 4.29 Å². The summed E-state index contributed by atoms with van der Waals surface area (Å²) in [6, 6.07) is 6.83. The number of halogens is 1. The van der Waals surface area contributed by atoms with E-state index in [9.17, 15) is 0 Å². The second-order valence-corrected chi connectivity index (χ2v) is 1.80. The molecular formula is C6H6ClNO. The summed E-state index contributed by atoms with van der Waals surface area (Å²) >= 11 is 5.04. The van der Waals surface area contributed by atoms with Gasteiger partial charge < -0.3 is 10.0 Å². The fourth-order valence-corrected chi connectivity index (χ4v) is 0.622. The number of benzene rings is 1. The first-order chi connectivity index (χ1) is 4.33. The molecule has 2 N–H and O–H groups in total. The first kappa shape index (κ1) is 6.23. The van der Waals surface area contributed by atoms with Crippen molar-refractivity contribution in [2.24, 2.45) is 0 Å². The molecule has 0 radical (unpaired) electrons. The molecule has 0 saturated heterocycles. The lowest BCUT2D eigenvalue weighted by molar-refractivity contribution is 0.619. The van der Waals surface area contributed by atoms with Gasteiger partial charge >= 0.3 is 0 Å². The van der Waals surface area contributed by atoms with Crippen LogP contribution in [0.4, 0.5) is 5.69 Å². The highest BCUT2D eigenvalue weighted by atomic mass is 35.5. The number of nitrogen functional groups attached to an aromatic ring is 1. The molecule has 0 aliphatic heterocycles. The van der Waals surface area contributed by atoms with E-state index in [1.165, 1.54) is 0 Å². The molecule has 0 amide bonds. The van der Waals surface area contributed by atoms with Gasteiger partial charge in [-0.2, -0.15) is 0 Å². The SMILES string of the molecule is Nc1ccc(OCl)cc1. The molecule has 0 aliphatic carbocycles. The molecule has 0 bridgehead atoms. The molecule has 0 aliphatic rings. The Labute approximate surface area is 58.4 Å². The van der Waals surface area contributed by atoms with Crippen LogP contribution in [0.25, 0.3) is 0 Å². The van der Waals surface area contributed by atoms with Crippen LogP contribution in [0.3, 0.4) is 0 Å². The van der Waals surface area contributed by atoms with Gasteiger partial charge in [-0.15, -0.1) is 0 Å². The number of rotatable bonds is 1. The number of nitrogens with two attached hydrogens (primary N) is 1. The van der Waals surface area contributed by atoms with Crippen LogP contribution in [0.15, 0.2) is 24.3 Å². The van der Waals surface area contributed by atoms with Crippen molar-refractivity contribution in [1.29, 1.82) is 0 Å². The standard InChI is InChI=1S/C6H6ClNO/c7-9-6-3-1-5(8)2-4-6/h1-4H,8H2. The number of anilines is 1. The van der Waals surface area contributed by atoms with E-state index in [0.29, 0.717) is 11.4 Å². The minimum Gasteiger partial charge on any atom is -0.399 e. The zero-order valence-corrected chi connectivity index (χ0v) is 5.43. The fraction of sp³-hybridized carbons (Fsp3) is 0. The van der Waals surface area contributed by atoms with Gasteiger partial charge in [-0.1, -0.05) is 0 Å². The van der Waals surface area contributed by atoms with Gasteiger partial charge in [-0.3, -0.25) is 0 Å². The highest BCUT2D eigenvalue weighted by Gasteiger charge is 1.87. The van der Waals surface area contributed by atoms with Crippen molar-refractivity contribution in [1.82, 2.24) is 0 Å². The predicted molar refractivity (Wildman–Crippen MR) is 37.3 cm³/mol. The lowest BCUT2D eigenvalue weighted by Gasteiger charge is -1.93. The van der Waals surface area contributed by atoms with Gasteiger partial charge in [0.1, 0.15) is 17.6 Å². The van der Waals surface area contributed by atoms with Gasteiger partial charge in [0.15, 0.2) is 0 Å². The van der Waals surface area contributed by atoms with Gasteiger partial charge in [0, 0.05) is 5.69 Å². The molecule has 1 aromatic carbocycles. The third-order valence-corrected chi connectivity index (χ3v) is 1.15. The van der Waals surface area contributed by atoms with Crippen molar-refractivity contribution in [2.75, 3.05) is 5.73 Å². The molecule has 48 valence electrons. The monoisotopic (exact) mass is 143 g/mol. The Bertz CT molecular complexity index is 185. The minimum absolute atomic E-state index is 0.603. The molecule has 0 aromatic heterocycles. The highest BCUT2D eigenvalue weighted by Crippen LogP contribution is 2.13. The smallest absolute Gasteiger partial charge is 0.146 e. The van der Waals surface area contributed by atoms with Crippen LogP contribution in [0.2, 0.25) is 0 Å². The van der Waals surface area contributed by atoms with Crippen LogP contribution in [0.1, 0.15) is 0 Å². The van der Waals surface area contributed by atoms with E-state index in [1.807, 2.05) is 0 Å². The third kappa shape index (κ3) is 1.50. The largest absolute Gasteiger partial charge is 0.399 e. The van der Waals surface area contributed by atoms with E-state index in [1.54, 1.807) is 24.3 Å². The van der Waals surface area contributed by atoms with E-state index in [2.05, 4.69) is 4.29 Å². The highest BCUT2D eigenvalue weighted by molar-refractivity contribution is 6.09. The van der Waals surface area contributed by atoms with Crippen molar-refractivity contribution in [3.05, 3.63) is 24.3 Å². The van der Waals surface area contributed by atoms with Crippen molar-refractivity contribution in [3.63, 3.8) is 0 Å². The van der Waals surface area contributed by atoms with Crippen molar-refractivity contribution >= 4 is 17.6 Å². The zero-order valence-electron chi connectivity index (χ0n) is 4.67. The van der Waals surface area contributed by atoms with Crippen LogP contribution < -0.4 is 10.0 Å². The molecule has 0 atom stereocenters. The zero-order chi connectivity index (χ0) is 6.69. The summed E-state index contributed by atoms with van der Waals surface area (Å²) in [5, 5.41) is 0. The molecule has 0 spiro atoms. The molecule has 0 fully saturated rings. The van der Waals surface area contributed by atoms with Gasteiger partial charge in [-0.25, -0.2) is 0 Å². The first-order valence-corrected chi connectivity index (χ1v) is 2.78. The summed E-state index contributed by atoms with van der Waals surface area (Å²) in [7, 11) is 0. The second-order valence-electron chi connectivity index (χ2n) is 1.65. The van der Waals surface area contributed by atoms with Crippen LogP contribution in [-0.2, 0) is 0 Å². The van der Waals surface area contributed by atoms with Crippen LogP contribution in [0, 0.1) is 0 Å². The summed E-state index contributed by atoms with van der Waals surface area (Å²) in [4.78, 5) is 0. The second kappa shape index (κ2) is 2.60. The molecule has 0 heterocycles. The van der Waals surface area contributed by atoms with Crippen LogP contribution >= 0.6 is 11.9 Å². The Morgan fingerprint density at radius 2 is 1.78 bits per heavy atom. The van der Waals surface area contributed by atoms with Crippen LogP contribution in [-0.4, -0.2) is 0 Å². The molecule has 3 heteroatoms.